The second-order valence-electron chi connectivity index (χ2n) is 4.36. The van der Waals surface area contributed by atoms with E-state index in [0.29, 0.717) is 0 Å². The minimum Gasteiger partial charge on any atom is -0.350 e. The predicted octanol–water partition coefficient (Wildman–Crippen LogP) is 1.61. The van der Waals surface area contributed by atoms with E-state index in [2.05, 4.69) is 10.5 Å². The van der Waals surface area contributed by atoms with Crippen LogP contribution < -0.4 is 11.2 Å². The fraction of sp³-hybridized carbons (Fsp3) is 0.800. The monoisotopic (exact) mass is 195 g/mol. The summed E-state index contributed by atoms with van der Waals surface area (Å²) >= 11 is 0. The molecule has 0 aromatic heterocycles. The first-order valence-electron chi connectivity index (χ1n) is 5.36. The van der Waals surface area contributed by atoms with Crippen LogP contribution in [-0.2, 0) is 0 Å². The summed E-state index contributed by atoms with van der Waals surface area (Å²) in [5.74, 6) is 1.78. The Morgan fingerprint density at radius 1 is 1.43 bits per heavy atom. The number of carbonyl (C=O) groups excluding carboxylic acids is 1. The number of hydrogen-bond acceptors (Lipinski definition) is 2. The van der Waals surface area contributed by atoms with Gasteiger partial charge in [0.2, 0.25) is 0 Å². The van der Waals surface area contributed by atoms with Gasteiger partial charge in [-0.25, -0.2) is 10.2 Å². The lowest BCUT2D eigenvalue weighted by molar-refractivity contribution is 0.249. The first-order chi connectivity index (χ1) is 6.75. The van der Waals surface area contributed by atoms with Gasteiger partial charge in [0.1, 0.15) is 0 Å². The zero-order valence-corrected chi connectivity index (χ0v) is 8.33. The van der Waals surface area contributed by atoms with Crippen LogP contribution in [0.2, 0.25) is 0 Å². The smallest absolute Gasteiger partial charge is 0.332 e. The van der Waals surface area contributed by atoms with Crippen LogP contribution in [0.3, 0.4) is 0 Å². The van der Waals surface area contributed by atoms with Gasteiger partial charge in [0.25, 0.3) is 0 Å². The Morgan fingerprint density at radius 2 is 2.29 bits per heavy atom. The van der Waals surface area contributed by atoms with Crippen LogP contribution in [0.1, 0.15) is 38.5 Å². The third-order valence-electron chi connectivity index (χ3n) is 3.18. The van der Waals surface area contributed by atoms with Gasteiger partial charge in [-0.1, -0.05) is 12.8 Å². The van der Waals surface area contributed by atoms with Crippen molar-refractivity contribution in [2.24, 2.45) is 22.7 Å². The Kier molecular flexibility index (Phi) is 2.70. The van der Waals surface area contributed by atoms with Gasteiger partial charge >= 0.3 is 6.03 Å². The Balaban J connectivity index is 1.89. The van der Waals surface area contributed by atoms with Gasteiger partial charge in [-0.3, -0.25) is 0 Å². The zero-order chi connectivity index (χ0) is 9.97. The average Bonchev–Trinajstić information content (AvgIpc) is 2.80. The molecule has 2 fully saturated rings. The van der Waals surface area contributed by atoms with Crippen molar-refractivity contribution in [1.82, 2.24) is 5.43 Å². The lowest BCUT2D eigenvalue weighted by atomic mass is 9.99. The molecule has 2 rings (SSSR count). The van der Waals surface area contributed by atoms with E-state index >= 15 is 0 Å². The molecule has 4 heteroatoms. The van der Waals surface area contributed by atoms with Gasteiger partial charge in [-0.2, -0.15) is 5.10 Å². The van der Waals surface area contributed by atoms with Crippen LogP contribution in [0.25, 0.3) is 0 Å². The van der Waals surface area contributed by atoms with Crippen LogP contribution in [0.4, 0.5) is 4.79 Å². The summed E-state index contributed by atoms with van der Waals surface area (Å²) in [5.41, 5.74) is 8.42. The maximum absolute atomic E-state index is 10.5. The quantitative estimate of drug-likeness (QED) is 0.613. The number of rotatable bonds is 1. The molecule has 14 heavy (non-hydrogen) atoms. The van der Waals surface area contributed by atoms with Gasteiger partial charge in [0, 0.05) is 5.71 Å². The van der Waals surface area contributed by atoms with Gasteiger partial charge in [0.15, 0.2) is 0 Å². The third kappa shape index (κ3) is 2.47. The molecule has 0 heterocycles. The summed E-state index contributed by atoms with van der Waals surface area (Å²) < 4.78 is 0. The van der Waals surface area contributed by atoms with E-state index in [4.69, 9.17) is 5.73 Å². The van der Waals surface area contributed by atoms with E-state index in [1.165, 1.54) is 25.7 Å². The van der Waals surface area contributed by atoms with Crippen molar-refractivity contribution in [1.29, 1.82) is 0 Å². The first-order valence-corrected chi connectivity index (χ1v) is 5.36. The molecule has 2 atom stereocenters. The SMILES string of the molecule is NC(=O)N/N=C1\CCCCC2CC2C1. The van der Waals surface area contributed by atoms with Crippen LogP contribution in [0, 0.1) is 11.8 Å². The lowest BCUT2D eigenvalue weighted by Gasteiger charge is -2.09. The third-order valence-corrected chi connectivity index (χ3v) is 3.18. The molecular formula is C10H17N3O. The first kappa shape index (κ1) is 9.49. The minimum absolute atomic E-state index is 0.563. The average molecular weight is 195 g/mol. The Morgan fingerprint density at radius 3 is 3.07 bits per heavy atom. The predicted molar refractivity (Wildman–Crippen MR) is 54.8 cm³/mol. The Bertz CT molecular complexity index is 262. The Hall–Kier alpha value is -1.06. The van der Waals surface area contributed by atoms with E-state index in [-0.39, 0.29) is 0 Å². The lowest BCUT2D eigenvalue weighted by Crippen LogP contribution is -2.26. The molecule has 0 radical (unpaired) electrons. The van der Waals surface area contributed by atoms with Crippen molar-refractivity contribution in [2.75, 3.05) is 0 Å². The molecule has 0 spiro atoms. The number of urea groups is 1. The topological polar surface area (TPSA) is 67.5 Å². The number of amides is 2. The molecule has 0 aromatic rings. The molecule has 2 saturated carbocycles. The second kappa shape index (κ2) is 3.98. The summed E-state index contributed by atoms with van der Waals surface area (Å²) in [7, 11) is 0. The number of carbonyl (C=O) groups is 1. The molecule has 4 nitrogen and oxygen atoms in total. The van der Waals surface area contributed by atoms with E-state index in [9.17, 15) is 4.79 Å². The highest BCUT2D eigenvalue weighted by molar-refractivity contribution is 5.86. The van der Waals surface area contributed by atoms with E-state index in [1.807, 2.05) is 0 Å². The number of primary amides is 1. The number of hydrogen-bond donors (Lipinski definition) is 2. The van der Waals surface area contributed by atoms with Crippen LogP contribution in [0.15, 0.2) is 5.10 Å². The van der Waals surface area contributed by atoms with Gasteiger partial charge in [-0.05, 0) is 37.5 Å². The maximum Gasteiger partial charge on any atom is 0.332 e. The molecule has 0 saturated heterocycles. The molecule has 2 aliphatic rings. The van der Waals surface area contributed by atoms with Crippen LogP contribution in [-0.4, -0.2) is 11.7 Å². The van der Waals surface area contributed by atoms with Gasteiger partial charge in [0.05, 0.1) is 0 Å². The number of nitrogens with zero attached hydrogens (tertiary/aromatic N) is 1. The van der Waals surface area contributed by atoms with Crippen molar-refractivity contribution < 1.29 is 4.79 Å². The van der Waals surface area contributed by atoms with Gasteiger partial charge in [-0.15, -0.1) is 0 Å². The summed E-state index contributed by atoms with van der Waals surface area (Å²) in [6.07, 6.45) is 7.32. The van der Waals surface area contributed by atoms with E-state index < -0.39 is 6.03 Å². The zero-order valence-electron chi connectivity index (χ0n) is 8.33. The second-order valence-corrected chi connectivity index (χ2v) is 4.36. The Labute approximate surface area is 83.9 Å². The standard InChI is InChI=1S/C10H17N3O/c11-10(14)13-12-9-4-2-1-3-7-5-8(7)6-9/h7-8H,1-6H2,(H3,11,13,14)/b12-9+. The van der Waals surface area contributed by atoms with E-state index in [1.54, 1.807) is 0 Å². The van der Waals surface area contributed by atoms with Crippen LogP contribution in [0.5, 0.6) is 0 Å². The maximum atomic E-state index is 10.5. The molecule has 78 valence electrons. The minimum atomic E-state index is -0.563. The molecule has 0 aliphatic heterocycles. The van der Waals surface area contributed by atoms with Crippen molar-refractivity contribution in [2.45, 2.75) is 38.5 Å². The van der Waals surface area contributed by atoms with Crippen LogP contribution >= 0.6 is 0 Å². The highest BCUT2D eigenvalue weighted by Gasteiger charge is 2.37. The van der Waals surface area contributed by atoms with Crippen molar-refractivity contribution in [3.8, 4) is 0 Å². The fourth-order valence-electron chi connectivity index (χ4n) is 2.29. The fourth-order valence-corrected chi connectivity index (χ4v) is 2.29. The molecule has 2 unspecified atom stereocenters. The molecule has 0 bridgehead atoms. The normalized spacial score (nSPS) is 34.1. The number of fused-ring (bicyclic) bond motifs is 1. The number of hydrazone groups is 1. The largest absolute Gasteiger partial charge is 0.350 e. The van der Waals surface area contributed by atoms with Crippen molar-refractivity contribution >= 4 is 11.7 Å². The molecular weight excluding hydrogens is 178 g/mol. The highest BCUT2D eigenvalue weighted by Crippen LogP contribution is 2.46. The summed E-state index contributed by atoms with van der Waals surface area (Å²) in [6.45, 7) is 0. The van der Waals surface area contributed by atoms with Gasteiger partial charge < -0.3 is 5.73 Å². The molecule has 2 aliphatic carbocycles. The van der Waals surface area contributed by atoms with Crippen molar-refractivity contribution in [3.63, 3.8) is 0 Å². The summed E-state index contributed by atoms with van der Waals surface area (Å²) in [5, 5.41) is 4.05. The van der Waals surface area contributed by atoms with E-state index in [0.717, 1.165) is 30.4 Å². The van der Waals surface area contributed by atoms with Crippen molar-refractivity contribution in [3.05, 3.63) is 0 Å². The summed E-state index contributed by atoms with van der Waals surface area (Å²) in [4.78, 5) is 10.5. The number of nitrogens with two attached hydrogens (primary N) is 1. The molecule has 2 amide bonds. The molecule has 0 aromatic carbocycles. The number of nitrogens with one attached hydrogen (secondary N) is 1. The summed E-state index contributed by atoms with van der Waals surface area (Å²) in [6, 6.07) is -0.563. The molecule has 3 N–H and O–H groups in total. The highest BCUT2D eigenvalue weighted by atomic mass is 16.2.